The zero-order chi connectivity index (χ0) is 39.1. The average molecular weight is 745 g/mol. The number of aromatic hydroxyl groups is 1. The van der Waals surface area contributed by atoms with E-state index < -0.39 is 23.1 Å². The molecule has 1 aromatic carbocycles. The second-order valence-electron chi connectivity index (χ2n) is 12.9. The van der Waals surface area contributed by atoms with Gasteiger partial charge in [-0.25, -0.2) is 0 Å². The van der Waals surface area contributed by atoms with E-state index in [1.807, 2.05) is 43.6 Å². The van der Waals surface area contributed by atoms with Crippen LogP contribution in [-0.2, 0) is 22.9 Å². The molecule has 3 atom stereocenters. The quantitative estimate of drug-likeness (QED) is 0.0398. The fourth-order valence-electron chi connectivity index (χ4n) is 5.83. The summed E-state index contributed by atoms with van der Waals surface area (Å²) in [6, 6.07) is 9.30. The lowest BCUT2D eigenvalue weighted by Crippen LogP contribution is -2.50. The van der Waals surface area contributed by atoms with Crippen molar-refractivity contribution in [1.82, 2.24) is 41.0 Å². The highest BCUT2D eigenvalue weighted by molar-refractivity contribution is 5.96. The number of anilines is 1. The van der Waals surface area contributed by atoms with Crippen LogP contribution in [0.2, 0.25) is 0 Å². The molecule has 0 aliphatic rings. The van der Waals surface area contributed by atoms with Crippen molar-refractivity contribution in [2.75, 3.05) is 99.5 Å². The Morgan fingerprint density at radius 1 is 0.981 bits per heavy atom. The van der Waals surface area contributed by atoms with Crippen molar-refractivity contribution in [3.8, 4) is 5.75 Å². The molecular formula is C37H64N10O6. The fraction of sp³-hybridized carbons (Fsp3) is 0.568. The molecule has 298 valence electrons. The van der Waals surface area contributed by atoms with Gasteiger partial charge in [0.2, 0.25) is 5.91 Å². The number of rotatable bonds is 28. The average Bonchev–Trinajstić information content (AvgIpc) is 3.14. The molecule has 0 spiro atoms. The Morgan fingerprint density at radius 3 is 2.26 bits per heavy atom. The summed E-state index contributed by atoms with van der Waals surface area (Å²) >= 11 is 0. The number of aromatic nitrogens is 1. The molecule has 2 aromatic rings. The lowest BCUT2D eigenvalue weighted by Gasteiger charge is -2.33. The van der Waals surface area contributed by atoms with Gasteiger partial charge in [0.25, 0.3) is 11.5 Å². The Balaban J connectivity index is 2.27. The van der Waals surface area contributed by atoms with Crippen molar-refractivity contribution >= 4 is 11.6 Å². The summed E-state index contributed by atoms with van der Waals surface area (Å²) in [5.41, 5.74) is 13.2. The van der Waals surface area contributed by atoms with Crippen LogP contribution in [0.25, 0.3) is 0 Å². The highest BCUT2D eigenvalue weighted by Gasteiger charge is 2.25. The predicted molar refractivity (Wildman–Crippen MR) is 210 cm³/mol. The highest BCUT2D eigenvalue weighted by atomic mass is 16.6. The minimum atomic E-state index is -1.57. The number of nitrogens with zero attached hydrogens (tertiary/aromatic N) is 3. The standard InChI is InChI=1S/C37H64N10O6/c1-40-16-6-8-33(52-4)42-18-23-46(22-15-38)27-30(26-29-9-11-31(39)12-10-29)28-47(25-20-44-37(51,53-5)14-7-17-41-2)24-19-43-35(49)32-13-21-45(3)36(50)34(32)48/h6-7,9-13,16-17,21,30,33,40-42,44,48,51H,8,14-15,18-20,22-28,38-39H2,1-5H3,(H,43,49)/b16-6-,17-7-. The van der Waals surface area contributed by atoms with Gasteiger partial charge in [-0.1, -0.05) is 24.3 Å². The van der Waals surface area contributed by atoms with Gasteiger partial charge in [0, 0.05) is 126 Å². The number of carbonyl (C=O) groups excluding carboxylic acids is 1. The third kappa shape index (κ3) is 17.1. The molecule has 16 nitrogen and oxygen atoms in total. The maximum atomic E-state index is 13.0. The summed E-state index contributed by atoms with van der Waals surface area (Å²) in [6.07, 6.45) is 10.4. The number of nitrogen functional groups attached to an aromatic ring is 1. The van der Waals surface area contributed by atoms with Crippen LogP contribution >= 0.6 is 0 Å². The molecule has 0 aliphatic heterocycles. The summed E-state index contributed by atoms with van der Waals surface area (Å²) in [5.74, 6) is -2.57. The number of hydrogen-bond donors (Lipinski definition) is 9. The third-order valence-corrected chi connectivity index (χ3v) is 8.75. The van der Waals surface area contributed by atoms with E-state index in [-0.39, 0.29) is 30.7 Å². The Morgan fingerprint density at radius 2 is 1.62 bits per heavy atom. The van der Waals surface area contributed by atoms with E-state index in [0.29, 0.717) is 51.5 Å². The number of pyridine rings is 1. The summed E-state index contributed by atoms with van der Waals surface area (Å²) in [6.45, 7) is 5.65. The Labute approximate surface area is 314 Å². The van der Waals surface area contributed by atoms with Crippen LogP contribution in [-0.4, -0.2) is 136 Å². The molecule has 16 heteroatoms. The van der Waals surface area contributed by atoms with Crippen molar-refractivity contribution in [3.63, 3.8) is 0 Å². The molecule has 1 heterocycles. The van der Waals surface area contributed by atoms with Crippen LogP contribution in [0.5, 0.6) is 5.75 Å². The molecular weight excluding hydrogens is 680 g/mol. The number of methoxy groups -OCH3 is 2. The van der Waals surface area contributed by atoms with Crippen molar-refractivity contribution in [3.05, 3.63) is 82.6 Å². The molecule has 2 rings (SSSR count). The van der Waals surface area contributed by atoms with E-state index in [9.17, 15) is 19.8 Å². The monoisotopic (exact) mass is 745 g/mol. The summed E-state index contributed by atoms with van der Waals surface area (Å²) in [4.78, 5) is 29.8. The predicted octanol–water partition coefficient (Wildman–Crippen LogP) is -0.485. The molecule has 0 bridgehead atoms. The number of nitrogens with two attached hydrogens (primary N) is 2. The molecule has 0 radical (unpaired) electrons. The molecule has 0 fully saturated rings. The maximum absolute atomic E-state index is 13.0. The Hall–Kier alpha value is -4.00. The summed E-state index contributed by atoms with van der Waals surface area (Å²) in [7, 11) is 8.27. The van der Waals surface area contributed by atoms with Crippen LogP contribution < -0.4 is 43.6 Å². The van der Waals surface area contributed by atoms with Crippen molar-refractivity contribution in [2.45, 2.75) is 31.4 Å². The topological polar surface area (TPSA) is 217 Å². The van der Waals surface area contributed by atoms with E-state index in [4.69, 9.17) is 20.9 Å². The van der Waals surface area contributed by atoms with Crippen molar-refractivity contribution in [1.29, 1.82) is 0 Å². The van der Waals surface area contributed by atoms with Crippen molar-refractivity contribution in [2.24, 2.45) is 18.7 Å². The number of carbonyl (C=O) groups is 1. The third-order valence-electron chi connectivity index (χ3n) is 8.75. The zero-order valence-corrected chi connectivity index (χ0v) is 32.1. The number of amides is 1. The Bertz CT molecular complexity index is 1440. The van der Waals surface area contributed by atoms with Gasteiger partial charge in [0.15, 0.2) is 5.75 Å². The molecule has 0 aliphatic carbocycles. The first-order valence-electron chi connectivity index (χ1n) is 18.1. The largest absolute Gasteiger partial charge is 0.502 e. The lowest BCUT2D eigenvalue weighted by molar-refractivity contribution is -0.205. The number of benzene rings is 1. The molecule has 0 saturated carbocycles. The first-order chi connectivity index (χ1) is 25.5. The molecule has 1 amide bonds. The second-order valence-corrected chi connectivity index (χ2v) is 12.9. The SMILES string of the molecule is CN/C=C\CC(NCCN(CCN)CC(Cc1ccc(N)cc1)CN(CCNC(=O)c1ccn(C)c(=O)c1O)CCNC(O)(C/C=C\NC)OC)OC. The lowest BCUT2D eigenvalue weighted by atomic mass is 9.97. The first kappa shape index (κ1) is 45.2. The van der Waals surface area contributed by atoms with Gasteiger partial charge in [0.05, 0.1) is 5.56 Å². The van der Waals surface area contributed by atoms with Crippen LogP contribution in [0.1, 0.15) is 28.8 Å². The van der Waals surface area contributed by atoms with Gasteiger partial charge < -0.3 is 56.6 Å². The maximum Gasteiger partial charge on any atom is 0.293 e. The van der Waals surface area contributed by atoms with Gasteiger partial charge >= 0.3 is 0 Å². The van der Waals surface area contributed by atoms with E-state index in [0.717, 1.165) is 31.5 Å². The van der Waals surface area contributed by atoms with Crippen LogP contribution in [0, 0.1) is 5.92 Å². The first-order valence-corrected chi connectivity index (χ1v) is 18.1. The summed E-state index contributed by atoms with van der Waals surface area (Å²) < 4.78 is 12.2. The smallest absolute Gasteiger partial charge is 0.293 e. The molecule has 0 saturated heterocycles. The number of aliphatic hydroxyl groups is 1. The molecule has 1 aromatic heterocycles. The van der Waals surface area contributed by atoms with E-state index >= 15 is 0 Å². The molecule has 3 unspecified atom stereocenters. The highest BCUT2D eigenvalue weighted by Crippen LogP contribution is 2.16. The fourth-order valence-corrected chi connectivity index (χ4v) is 5.83. The second kappa shape index (κ2) is 25.1. The normalized spacial score (nSPS) is 14.2. The van der Waals surface area contributed by atoms with Gasteiger partial charge in [0.1, 0.15) is 6.23 Å². The minimum absolute atomic E-state index is 0.0814. The van der Waals surface area contributed by atoms with Crippen LogP contribution in [0.4, 0.5) is 5.69 Å². The minimum Gasteiger partial charge on any atom is -0.502 e. The number of hydrogen-bond acceptors (Lipinski definition) is 14. The number of aryl methyl sites for hydroxylation is 1. The molecule has 11 N–H and O–H groups in total. The van der Waals surface area contributed by atoms with Crippen LogP contribution in [0.3, 0.4) is 0 Å². The van der Waals surface area contributed by atoms with Crippen molar-refractivity contribution < 1.29 is 24.5 Å². The van der Waals surface area contributed by atoms with E-state index in [2.05, 4.69) is 36.4 Å². The number of nitrogens with one attached hydrogen (secondary N) is 5. The summed E-state index contributed by atoms with van der Waals surface area (Å²) in [5, 5.41) is 36.7. The van der Waals surface area contributed by atoms with Crippen LogP contribution in [0.15, 0.2) is 65.9 Å². The van der Waals surface area contributed by atoms with E-state index in [1.54, 1.807) is 26.4 Å². The molecule has 53 heavy (non-hydrogen) atoms. The zero-order valence-electron chi connectivity index (χ0n) is 32.1. The number of ether oxygens (including phenoxy) is 2. The van der Waals surface area contributed by atoms with Gasteiger partial charge in [-0.05, 0) is 48.5 Å². The van der Waals surface area contributed by atoms with E-state index in [1.165, 1.54) is 31.0 Å². The van der Waals surface area contributed by atoms with Gasteiger partial charge in [-0.3, -0.25) is 25.1 Å². The van der Waals surface area contributed by atoms with Gasteiger partial charge in [-0.15, -0.1) is 0 Å². The van der Waals surface area contributed by atoms with Gasteiger partial charge in [-0.2, -0.15) is 0 Å². The Kier molecular flexibility index (Phi) is 21.4.